The van der Waals surface area contributed by atoms with Gasteiger partial charge in [0.25, 0.3) is 0 Å². The van der Waals surface area contributed by atoms with Gasteiger partial charge in [0, 0.05) is 84.5 Å². The zero-order valence-corrected chi connectivity index (χ0v) is 11.0. The molecule has 0 atom stereocenters. The first-order chi connectivity index (χ1) is 1.00. The van der Waals surface area contributed by atoms with Gasteiger partial charge >= 0.3 is 19.8 Å². The fourth-order valence-electron chi connectivity index (χ4n) is 0. The number of rotatable bonds is 0. The van der Waals surface area contributed by atoms with E-state index in [1.807, 2.05) is 0 Å². The molecule has 0 rings (SSSR count). The minimum atomic E-state index is 0. The van der Waals surface area contributed by atoms with Crippen LogP contribution in [0.5, 0.6) is 0 Å². The molecular formula is BaCuLaO. The Balaban J connectivity index is -0.00000000500. The molecular weight excluding hydrogens is 356 g/mol. The third kappa shape index (κ3) is 8.92. The molecule has 0 unspecified atom stereocenters. The van der Waals surface area contributed by atoms with Gasteiger partial charge in [-0.3, -0.25) is 0 Å². The molecule has 0 aliphatic heterocycles. The van der Waals surface area contributed by atoms with Crippen molar-refractivity contribution in [1.82, 2.24) is 0 Å². The van der Waals surface area contributed by atoms with Crippen LogP contribution in [0.15, 0.2) is 0 Å². The van der Waals surface area contributed by atoms with Crippen molar-refractivity contribution >= 4 is 48.9 Å². The van der Waals surface area contributed by atoms with Crippen LogP contribution in [0.2, 0.25) is 0 Å². The number of hydrogen-bond donors (Lipinski definition) is 0. The molecule has 0 saturated carbocycles. The molecule has 0 aliphatic rings. The molecule has 0 bridgehead atoms. The van der Waals surface area contributed by atoms with Crippen molar-refractivity contribution in [2.24, 2.45) is 0 Å². The topological polar surface area (TPSA) is 17.1 Å². The third-order valence-corrected chi connectivity index (χ3v) is 0. The van der Waals surface area contributed by atoms with Gasteiger partial charge in [-0.25, -0.2) is 0 Å². The molecule has 0 N–H and O–H groups in total. The molecule has 4 heavy (non-hydrogen) atoms. The van der Waals surface area contributed by atoms with Crippen molar-refractivity contribution in [3.05, 3.63) is 0 Å². The van der Waals surface area contributed by atoms with Crippen LogP contribution in [-0.2, 0) is 19.8 Å². The Kier molecular flexibility index (Phi) is 65.0. The molecule has 0 spiro atoms. The van der Waals surface area contributed by atoms with Crippen molar-refractivity contribution in [2.75, 3.05) is 0 Å². The zero-order valence-electron chi connectivity index (χ0n) is 1.99. The molecule has 0 amide bonds. The molecule has 0 heterocycles. The zero-order chi connectivity index (χ0) is 2.00. The summed E-state index contributed by atoms with van der Waals surface area (Å²) in [5, 5.41) is 0. The minimum absolute atomic E-state index is 0. The van der Waals surface area contributed by atoms with Crippen LogP contribution < -0.4 is 0 Å². The van der Waals surface area contributed by atoms with Crippen LogP contribution in [0, 0.1) is 35.6 Å². The second kappa shape index (κ2) is 16.5. The molecule has 3 radical (unpaired) electrons. The first-order valence-electron chi connectivity index (χ1n) is 0.123. The van der Waals surface area contributed by atoms with Crippen molar-refractivity contribution in [3.8, 4) is 0 Å². The van der Waals surface area contributed by atoms with Gasteiger partial charge in [0.1, 0.15) is 0 Å². The third-order valence-electron chi connectivity index (χ3n) is 0. The average Bonchev–Trinajstić information content (AvgIpc) is 1.00. The summed E-state index contributed by atoms with van der Waals surface area (Å²) in [6.07, 6.45) is 0. The van der Waals surface area contributed by atoms with Crippen molar-refractivity contribution in [1.29, 1.82) is 0 Å². The molecule has 1 nitrogen and oxygen atoms in total. The predicted molar refractivity (Wildman–Crippen MR) is 6.44 cm³/mol. The fourth-order valence-corrected chi connectivity index (χ4v) is 0. The Morgan fingerprint density at radius 2 is 1.25 bits per heavy atom. The van der Waals surface area contributed by atoms with E-state index < -0.39 is 0 Å². The maximum absolute atomic E-state index is 7.81. The maximum atomic E-state index is 7.81. The first-order valence-corrected chi connectivity index (χ1v) is 0.508. The number of hydrogen-bond acceptors (Lipinski definition) is 1. The molecule has 0 aromatic carbocycles. The van der Waals surface area contributed by atoms with Crippen LogP contribution in [0.4, 0.5) is 0 Å². The summed E-state index contributed by atoms with van der Waals surface area (Å²) in [4.78, 5) is 0. The van der Waals surface area contributed by atoms with Gasteiger partial charge in [0.15, 0.2) is 0 Å². The Bertz CT molecular complexity index is 8.00. The Labute approximate surface area is 101 Å². The molecule has 22 valence electrons. The monoisotopic (exact) mass is 356 g/mol. The van der Waals surface area contributed by atoms with E-state index >= 15 is 0 Å². The Hall–Kier alpha value is 3.09. The molecule has 0 aromatic rings. The SMILES string of the molecule is [Ba].[La].[O]=[Cu]. The summed E-state index contributed by atoms with van der Waals surface area (Å²) in [6.45, 7) is 0. The molecule has 0 aromatic heterocycles. The van der Waals surface area contributed by atoms with Crippen molar-refractivity contribution in [2.45, 2.75) is 0 Å². The van der Waals surface area contributed by atoms with Gasteiger partial charge in [-0.15, -0.1) is 0 Å². The Morgan fingerprint density at radius 3 is 1.25 bits per heavy atom. The summed E-state index contributed by atoms with van der Waals surface area (Å²) in [6, 6.07) is 0. The first kappa shape index (κ1) is 15.7. The van der Waals surface area contributed by atoms with Gasteiger partial charge in [-0.05, 0) is 0 Å². The Morgan fingerprint density at radius 1 is 1.25 bits per heavy atom. The van der Waals surface area contributed by atoms with E-state index in [0.29, 0.717) is 0 Å². The molecule has 0 fully saturated rings. The summed E-state index contributed by atoms with van der Waals surface area (Å²) in [5.74, 6) is 0. The average molecular weight is 356 g/mol. The molecule has 0 saturated heterocycles. The second-order valence-corrected chi connectivity index (χ2v) is 0. The van der Waals surface area contributed by atoms with Gasteiger partial charge in [0.2, 0.25) is 0 Å². The van der Waals surface area contributed by atoms with E-state index in [2.05, 4.69) is 15.9 Å². The second-order valence-electron chi connectivity index (χ2n) is 0. The standard InChI is InChI=1S/Ba.Cu.La.O. The van der Waals surface area contributed by atoms with Crippen molar-refractivity contribution in [3.63, 3.8) is 0 Å². The summed E-state index contributed by atoms with van der Waals surface area (Å²) >= 11 is 2.94. The van der Waals surface area contributed by atoms with Crippen LogP contribution >= 0.6 is 0 Å². The quantitative estimate of drug-likeness (QED) is 0.535. The van der Waals surface area contributed by atoms with Gasteiger partial charge in [-0.1, -0.05) is 0 Å². The van der Waals surface area contributed by atoms with Crippen LogP contribution in [0.1, 0.15) is 0 Å². The van der Waals surface area contributed by atoms with E-state index in [1.165, 1.54) is 0 Å². The van der Waals surface area contributed by atoms with Crippen molar-refractivity contribution < 1.29 is 55.4 Å². The molecule has 0 aliphatic carbocycles. The van der Waals surface area contributed by atoms with E-state index in [1.54, 1.807) is 0 Å². The summed E-state index contributed by atoms with van der Waals surface area (Å²) < 4.78 is 7.81. The van der Waals surface area contributed by atoms with E-state index in [0.717, 1.165) is 0 Å². The van der Waals surface area contributed by atoms with Crippen LogP contribution in [-0.4, -0.2) is 48.9 Å². The molecule has 4 heteroatoms. The van der Waals surface area contributed by atoms with E-state index in [9.17, 15) is 0 Å². The van der Waals surface area contributed by atoms with Crippen LogP contribution in [0.3, 0.4) is 0 Å². The normalized spacial score (nSPS) is 1.50. The van der Waals surface area contributed by atoms with E-state index in [4.69, 9.17) is 3.83 Å². The van der Waals surface area contributed by atoms with Crippen LogP contribution in [0.25, 0.3) is 0 Å². The fraction of sp³-hybridized carbons (Fsp3) is 0. The van der Waals surface area contributed by atoms with Gasteiger partial charge in [-0.2, -0.15) is 0 Å². The van der Waals surface area contributed by atoms with Gasteiger partial charge < -0.3 is 0 Å². The predicted octanol–water partition coefficient (Wildman–Crippen LogP) is -0.502. The summed E-state index contributed by atoms with van der Waals surface area (Å²) in [7, 11) is 0. The van der Waals surface area contributed by atoms with Gasteiger partial charge in [0.05, 0.1) is 0 Å². The van der Waals surface area contributed by atoms with E-state index in [-0.39, 0.29) is 84.5 Å². The summed E-state index contributed by atoms with van der Waals surface area (Å²) in [5.41, 5.74) is 0.